The van der Waals surface area contributed by atoms with Gasteiger partial charge in [0, 0.05) is 31.9 Å². The normalized spacial score (nSPS) is 16.9. The minimum absolute atomic E-state index is 0.00743. The first-order valence-electron chi connectivity index (χ1n) is 6.64. The monoisotopic (exact) mass is 408 g/mol. The molecule has 2 aromatic carbocycles. The van der Waals surface area contributed by atoms with E-state index in [1.165, 1.54) is 0 Å². The number of anilines is 2. The van der Waals surface area contributed by atoms with E-state index in [9.17, 15) is 4.79 Å². The molecule has 5 heteroatoms. The van der Waals surface area contributed by atoms with Crippen molar-refractivity contribution in [1.82, 2.24) is 0 Å². The second kappa shape index (κ2) is 5.46. The van der Waals surface area contributed by atoms with Crippen molar-refractivity contribution >= 4 is 49.1 Å². The first-order chi connectivity index (χ1) is 9.95. The van der Waals surface area contributed by atoms with Gasteiger partial charge in [-0.2, -0.15) is 0 Å². The van der Waals surface area contributed by atoms with Gasteiger partial charge in [0.25, 0.3) is 5.91 Å². The lowest BCUT2D eigenvalue weighted by Crippen LogP contribution is -2.35. The third-order valence-corrected chi connectivity index (χ3v) is 4.56. The van der Waals surface area contributed by atoms with Crippen molar-refractivity contribution in [3.8, 4) is 0 Å². The number of halogens is 2. The molecule has 0 saturated heterocycles. The van der Waals surface area contributed by atoms with Gasteiger partial charge < -0.3 is 10.6 Å². The standard InChI is InChI=1S/C16H14Br2N2O/c1-9-4-10-7-14(19)2-3-15(10)20(9)16(21)11-5-12(17)8-13(18)6-11/h2-3,5-9H,4,19H2,1H3. The number of carbonyl (C=O) groups excluding carboxylic acids is 1. The van der Waals surface area contributed by atoms with Crippen LogP contribution in [0.4, 0.5) is 11.4 Å². The van der Waals surface area contributed by atoms with Crippen LogP contribution in [0.5, 0.6) is 0 Å². The van der Waals surface area contributed by atoms with Gasteiger partial charge >= 0.3 is 0 Å². The molecule has 21 heavy (non-hydrogen) atoms. The zero-order chi connectivity index (χ0) is 15.1. The highest BCUT2D eigenvalue weighted by Crippen LogP contribution is 2.35. The highest BCUT2D eigenvalue weighted by Gasteiger charge is 2.31. The Balaban J connectivity index is 2.02. The van der Waals surface area contributed by atoms with Gasteiger partial charge in [-0.05, 0) is 55.3 Å². The average Bonchev–Trinajstić information content (AvgIpc) is 2.71. The summed E-state index contributed by atoms with van der Waals surface area (Å²) < 4.78 is 1.76. The smallest absolute Gasteiger partial charge is 0.258 e. The summed E-state index contributed by atoms with van der Waals surface area (Å²) in [6.45, 7) is 2.06. The predicted molar refractivity (Wildman–Crippen MR) is 92.7 cm³/mol. The minimum atomic E-state index is 0.00743. The van der Waals surface area contributed by atoms with Crippen LogP contribution < -0.4 is 10.6 Å². The van der Waals surface area contributed by atoms with Crippen molar-refractivity contribution in [2.24, 2.45) is 0 Å². The fourth-order valence-corrected chi connectivity index (χ4v) is 4.07. The SMILES string of the molecule is CC1Cc2cc(N)ccc2N1C(=O)c1cc(Br)cc(Br)c1. The van der Waals surface area contributed by atoms with E-state index in [-0.39, 0.29) is 11.9 Å². The van der Waals surface area contributed by atoms with Gasteiger partial charge in [-0.15, -0.1) is 0 Å². The topological polar surface area (TPSA) is 46.3 Å². The zero-order valence-corrected chi connectivity index (χ0v) is 14.6. The molecule has 0 radical (unpaired) electrons. The van der Waals surface area contributed by atoms with E-state index in [1.54, 1.807) is 0 Å². The van der Waals surface area contributed by atoms with Crippen molar-refractivity contribution in [2.45, 2.75) is 19.4 Å². The molecule has 0 fully saturated rings. The summed E-state index contributed by atoms with van der Waals surface area (Å²) in [7, 11) is 0. The molecule has 1 heterocycles. The molecule has 1 aliphatic heterocycles. The van der Waals surface area contributed by atoms with Crippen molar-refractivity contribution in [2.75, 3.05) is 10.6 Å². The van der Waals surface area contributed by atoms with Crippen molar-refractivity contribution < 1.29 is 4.79 Å². The molecule has 0 aliphatic carbocycles. The first kappa shape index (κ1) is 14.6. The number of hydrogen-bond donors (Lipinski definition) is 1. The van der Waals surface area contributed by atoms with E-state index in [0.717, 1.165) is 32.3 Å². The summed E-state index contributed by atoms with van der Waals surface area (Å²) in [5.74, 6) is 0.00743. The lowest BCUT2D eigenvalue weighted by molar-refractivity contribution is 0.0981. The van der Waals surface area contributed by atoms with E-state index in [4.69, 9.17) is 5.73 Å². The number of amides is 1. The van der Waals surface area contributed by atoms with Crippen LogP contribution in [-0.2, 0) is 6.42 Å². The van der Waals surface area contributed by atoms with E-state index < -0.39 is 0 Å². The molecule has 3 rings (SSSR count). The van der Waals surface area contributed by atoms with Gasteiger partial charge in [0.05, 0.1) is 0 Å². The van der Waals surface area contributed by atoms with Crippen LogP contribution in [0.25, 0.3) is 0 Å². The zero-order valence-electron chi connectivity index (χ0n) is 11.4. The predicted octanol–water partition coefficient (Wildman–Crippen LogP) is 4.39. The van der Waals surface area contributed by atoms with E-state index in [2.05, 4.69) is 38.8 Å². The highest BCUT2D eigenvalue weighted by molar-refractivity contribution is 9.11. The molecule has 1 atom stereocenters. The summed E-state index contributed by atoms with van der Waals surface area (Å²) in [5.41, 5.74) is 9.32. The number of fused-ring (bicyclic) bond motifs is 1. The quantitative estimate of drug-likeness (QED) is 0.710. The van der Waals surface area contributed by atoms with Crippen LogP contribution in [0.2, 0.25) is 0 Å². The molecule has 1 amide bonds. The number of hydrogen-bond acceptors (Lipinski definition) is 2. The Morgan fingerprint density at radius 1 is 1.19 bits per heavy atom. The van der Waals surface area contributed by atoms with Crippen LogP contribution in [0, 0.1) is 0 Å². The Bertz CT molecular complexity index is 710. The number of nitrogens with zero attached hydrogens (tertiary/aromatic N) is 1. The van der Waals surface area contributed by atoms with E-state index >= 15 is 0 Å². The fourth-order valence-electron chi connectivity index (χ4n) is 2.78. The maximum Gasteiger partial charge on any atom is 0.258 e. The van der Waals surface area contributed by atoms with Crippen molar-refractivity contribution in [3.63, 3.8) is 0 Å². The van der Waals surface area contributed by atoms with Crippen LogP contribution in [0.15, 0.2) is 45.3 Å². The summed E-state index contributed by atoms with van der Waals surface area (Å²) >= 11 is 6.86. The van der Waals surface area contributed by atoms with Crippen molar-refractivity contribution in [3.05, 3.63) is 56.5 Å². The summed E-state index contributed by atoms with van der Waals surface area (Å²) in [6, 6.07) is 11.5. The molecule has 3 nitrogen and oxygen atoms in total. The second-order valence-electron chi connectivity index (χ2n) is 5.27. The Morgan fingerprint density at radius 3 is 2.52 bits per heavy atom. The van der Waals surface area contributed by atoms with Gasteiger partial charge in [0.1, 0.15) is 0 Å². The molecule has 108 valence electrons. The van der Waals surface area contributed by atoms with Gasteiger partial charge in [-0.3, -0.25) is 4.79 Å². The molecule has 0 aromatic heterocycles. The Kier molecular flexibility index (Phi) is 3.80. The van der Waals surface area contributed by atoms with E-state index in [1.807, 2.05) is 41.3 Å². The molecule has 1 unspecified atom stereocenters. The summed E-state index contributed by atoms with van der Waals surface area (Å²) in [6.07, 6.45) is 0.835. The summed E-state index contributed by atoms with van der Waals surface area (Å²) in [4.78, 5) is 14.7. The molecule has 0 saturated carbocycles. The maximum atomic E-state index is 12.9. The third kappa shape index (κ3) is 2.72. The second-order valence-corrected chi connectivity index (χ2v) is 7.11. The lowest BCUT2D eigenvalue weighted by Gasteiger charge is -2.23. The lowest BCUT2D eigenvalue weighted by atomic mass is 10.1. The molecule has 0 spiro atoms. The van der Waals surface area contributed by atoms with Gasteiger partial charge in [-0.25, -0.2) is 0 Å². The molecular weight excluding hydrogens is 396 g/mol. The van der Waals surface area contributed by atoms with Gasteiger partial charge in [0.15, 0.2) is 0 Å². The van der Waals surface area contributed by atoms with Crippen LogP contribution in [-0.4, -0.2) is 11.9 Å². The molecular formula is C16H14Br2N2O. The number of benzene rings is 2. The third-order valence-electron chi connectivity index (χ3n) is 3.65. The molecule has 0 bridgehead atoms. The number of nitrogens with two attached hydrogens (primary N) is 1. The number of nitrogen functional groups attached to an aromatic ring is 1. The Morgan fingerprint density at radius 2 is 1.86 bits per heavy atom. The largest absolute Gasteiger partial charge is 0.399 e. The van der Waals surface area contributed by atoms with Gasteiger partial charge in [-0.1, -0.05) is 31.9 Å². The molecule has 2 aromatic rings. The highest BCUT2D eigenvalue weighted by atomic mass is 79.9. The Hall–Kier alpha value is -1.33. The number of rotatable bonds is 1. The number of carbonyl (C=O) groups is 1. The minimum Gasteiger partial charge on any atom is -0.399 e. The van der Waals surface area contributed by atoms with E-state index in [0.29, 0.717) is 5.56 Å². The fraction of sp³-hybridized carbons (Fsp3) is 0.188. The molecule has 2 N–H and O–H groups in total. The maximum absolute atomic E-state index is 12.9. The van der Waals surface area contributed by atoms with Crippen LogP contribution in [0.1, 0.15) is 22.8 Å². The first-order valence-corrected chi connectivity index (χ1v) is 8.22. The summed E-state index contributed by atoms with van der Waals surface area (Å²) in [5, 5.41) is 0. The average molecular weight is 410 g/mol. The van der Waals surface area contributed by atoms with Crippen molar-refractivity contribution in [1.29, 1.82) is 0 Å². The van der Waals surface area contributed by atoms with Crippen LogP contribution >= 0.6 is 31.9 Å². The van der Waals surface area contributed by atoms with Gasteiger partial charge in [0.2, 0.25) is 0 Å². The Labute approximate surface area is 140 Å². The molecule has 1 aliphatic rings. The van der Waals surface area contributed by atoms with Crippen LogP contribution in [0.3, 0.4) is 0 Å².